The number of nitrogens with zero attached hydrogens (tertiary/aromatic N) is 5. The van der Waals surface area contributed by atoms with Gasteiger partial charge in [0.05, 0.1) is 0 Å². The number of likely N-dealkylation sites (tertiary alicyclic amines) is 1. The first-order valence-corrected chi connectivity index (χ1v) is 11.0. The van der Waals surface area contributed by atoms with Gasteiger partial charge in [-0.2, -0.15) is 16.9 Å². The first-order valence-electron chi connectivity index (χ1n) is 9.62. The van der Waals surface area contributed by atoms with Crippen molar-refractivity contribution in [1.29, 1.82) is 0 Å². The second kappa shape index (κ2) is 10.2. The highest BCUT2D eigenvalue weighted by atomic mass is 32.2. The highest BCUT2D eigenvalue weighted by Crippen LogP contribution is 2.18. The molecule has 1 aliphatic heterocycles. The van der Waals surface area contributed by atoms with Crippen LogP contribution in [0.3, 0.4) is 0 Å². The molecule has 29 heavy (non-hydrogen) atoms. The van der Waals surface area contributed by atoms with Gasteiger partial charge in [0.2, 0.25) is 17.7 Å². The number of aromatic nitrogens is 4. The van der Waals surface area contributed by atoms with E-state index in [9.17, 15) is 9.59 Å². The molecule has 3 rings (SSSR count). The van der Waals surface area contributed by atoms with E-state index in [0.717, 1.165) is 5.75 Å². The van der Waals surface area contributed by atoms with Gasteiger partial charge in [0.25, 0.3) is 0 Å². The summed E-state index contributed by atoms with van der Waals surface area (Å²) in [6.07, 6.45) is 7.50. The lowest BCUT2D eigenvalue weighted by Crippen LogP contribution is -2.51. The van der Waals surface area contributed by atoms with Crippen molar-refractivity contribution in [1.82, 2.24) is 30.2 Å². The molecule has 2 aromatic heterocycles. The summed E-state index contributed by atoms with van der Waals surface area (Å²) >= 11 is 1.66. The zero-order valence-electron chi connectivity index (χ0n) is 16.7. The number of amides is 2. The van der Waals surface area contributed by atoms with Gasteiger partial charge in [-0.05, 0) is 30.6 Å². The van der Waals surface area contributed by atoms with E-state index in [0.29, 0.717) is 44.0 Å². The largest absolute Gasteiger partial charge is 0.473 e. The molecule has 0 saturated carbocycles. The highest BCUT2D eigenvalue weighted by Gasteiger charge is 2.29. The first kappa shape index (κ1) is 21.1. The Labute approximate surface area is 174 Å². The number of thioether (sulfide) groups is 1. The Morgan fingerprint density at radius 1 is 1.31 bits per heavy atom. The third kappa shape index (κ3) is 5.93. The van der Waals surface area contributed by atoms with E-state index in [2.05, 4.69) is 20.6 Å². The molecule has 1 atom stereocenters. The molecular weight excluding hydrogens is 392 g/mol. The molecule has 0 aliphatic carbocycles. The fourth-order valence-electron chi connectivity index (χ4n) is 3.23. The van der Waals surface area contributed by atoms with Crippen molar-refractivity contribution < 1.29 is 14.3 Å². The Kier molecular flexibility index (Phi) is 7.45. The van der Waals surface area contributed by atoms with E-state index in [-0.39, 0.29) is 17.9 Å². The first-order chi connectivity index (χ1) is 14.1. The van der Waals surface area contributed by atoms with Gasteiger partial charge in [-0.1, -0.05) is 0 Å². The second-order valence-electron chi connectivity index (χ2n) is 6.86. The van der Waals surface area contributed by atoms with Crippen LogP contribution in [0.2, 0.25) is 0 Å². The summed E-state index contributed by atoms with van der Waals surface area (Å²) in [5.74, 6) is 1.71. The van der Waals surface area contributed by atoms with Crippen LogP contribution in [-0.2, 0) is 9.59 Å². The Bertz CT molecular complexity index is 791. The van der Waals surface area contributed by atoms with Gasteiger partial charge in [-0.15, -0.1) is 10.2 Å². The van der Waals surface area contributed by atoms with Crippen molar-refractivity contribution in [3.05, 3.63) is 30.6 Å². The monoisotopic (exact) mass is 418 g/mol. The number of carbonyl (C=O) groups is 2. The smallest absolute Gasteiger partial charge is 0.245 e. The van der Waals surface area contributed by atoms with Crippen LogP contribution in [0.5, 0.6) is 5.88 Å². The van der Waals surface area contributed by atoms with Crippen LogP contribution in [0.1, 0.15) is 26.2 Å². The van der Waals surface area contributed by atoms with Crippen LogP contribution < -0.4 is 10.1 Å². The normalized spacial score (nSPS) is 15.7. The van der Waals surface area contributed by atoms with Crippen LogP contribution >= 0.6 is 11.8 Å². The molecule has 1 aliphatic rings. The number of hydrogen-bond donors (Lipinski definition) is 1. The summed E-state index contributed by atoms with van der Waals surface area (Å²) in [4.78, 5) is 26.0. The average molecular weight is 419 g/mol. The molecule has 1 saturated heterocycles. The summed E-state index contributed by atoms with van der Waals surface area (Å²) in [6.45, 7) is 2.63. The molecule has 0 aromatic carbocycles. The molecule has 1 N–H and O–H groups in total. The van der Waals surface area contributed by atoms with Crippen LogP contribution in [-0.4, -0.2) is 73.9 Å². The van der Waals surface area contributed by atoms with Crippen molar-refractivity contribution in [3.8, 4) is 11.7 Å². The maximum Gasteiger partial charge on any atom is 0.245 e. The van der Waals surface area contributed by atoms with E-state index < -0.39 is 6.04 Å². The summed E-state index contributed by atoms with van der Waals surface area (Å²) in [5.41, 5.74) is 0. The summed E-state index contributed by atoms with van der Waals surface area (Å²) < 4.78 is 7.56. The minimum atomic E-state index is -0.460. The minimum absolute atomic E-state index is 0.0175. The van der Waals surface area contributed by atoms with E-state index in [4.69, 9.17) is 4.74 Å². The zero-order valence-corrected chi connectivity index (χ0v) is 17.5. The van der Waals surface area contributed by atoms with E-state index in [1.54, 1.807) is 41.0 Å². The molecule has 0 radical (unpaired) electrons. The van der Waals surface area contributed by atoms with Crippen LogP contribution in [0.25, 0.3) is 5.82 Å². The van der Waals surface area contributed by atoms with Crippen molar-refractivity contribution >= 4 is 23.6 Å². The van der Waals surface area contributed by atoms with Gasteiger partial charge in [-0.25, -0.2) is 4.68 Å². The number of hydrogen-bond acceptors (Lipinski definition) is 7. The molecule has 0 bridgehead atoms. The van der Waals surface area contributed by atoms with Gasteiger partial charge < -0.3 is 15.0 Å². The molecule has 1 unspecified atom stereocenters. The van der Waals surface area contributed by atoms with E-state index >= 15 is 0 Å². The number of ether oxygens (including phenoxy) is 1. The van der Waals surface area contributed by atoms with Crippen LogP contribution in [0.4, 0.5) is 0 Å². The Balaban J connectivity index is 1.50. The molecule has 3 heterocycles. The number of piperidine rings is 1. The predicted octanol–water partition coefficient (Wildman–Crippen LogP) is 1.29. The van der Waals surface area contributed by atoms with Crippen molar-refractivity contribution in [3.63, 3.8) is 0 Å². The zero-order chi connectivity index (χ0) is 20.6. The average Bonchev–Trinajstić information content (AvgIpc) is 3.26. The topological polar surface area (TPSA) is 102 Å². The fraction of sp³-hybridized carbons (Fsp3) is 0.526. The van der Waals surface area contributed by atoms with Gasteiger partial charge in [-0.3, -0.25) is 9.59 Å². The Morgan fingerprint density at radius 2 is 2.10 bits per heavy atom. The fourth-order valence-corrected chi connectivity index (χ4v) is 3.70. The molecule has 0 spiro atoms. The molecule has 156 valence electrons. The molecule has 2 amide bonds. The van der Waals surface area contributed by atoms with E-state index in [1.165, 1.54) is 6.92 Å². The quantitative estimate of drug-likeness (QED) is 0.689. The Morgan fingerprint density at radius 3 is 2.69 bits per heavy atom. The maximum absolute atomic E-state index is 12.8. The molecule has 1 fully saturated rings. The molecule has 10 heteroatoms. The van der Waals surface area contributed by atoms with Crippen molar-refractivity contribution in [2.75, 3.05) is 25.1 Å². The summed E-state index contributed by atoms with van der Waals surface area (Å²) in [7, 11) is 0. The minimum Gasteiger partial charge on any atom is -0.473 e. The van der Waals surface area contributed by atoms with Gasteiger partial charge in [0, 0.05) is 51.3 Å². The van der Waals surface area contributed by atoms with Crippen molar-refractivity contribution in [2.45, 2.75) is 38.3 Å². The highest BCUT2D eigenvalue weighted by molar-refractivity contribution is 7.98. The number of nitrogens with one attached hydrogen (secondary N) is 1. The van der Waals surface area contributed by atoms with Gasteiger partial charge >= 0.3 is 0 Å². The van der Waals surface area contributed by atoms with Gasteiger partial charge in [0.1, 0.15) is 12.1 Å². The van der Waals surface area contributed by atoms with Crippen LogP contribution in [0.15, 0.2) is 30.6 Å². The Hall–Kier alpha value is -2.62. The maximum atomic E-state index is 12.8. The molecule has 9 nitrogen and oxygen atoms in total. The summed E-state index contributed by atoms with van der Waals surface area (Å²) in [6, 6.07) is 4.94. The molecular formula is C19H26N6O3S. The third-order valence-corrected chi connectivity index (χ3v) is 5.34. The lowest BCUT2D eigenvalue weighted by atomic mass is 10.1. The van der Waals surface area contributed by atoms with Gasteiger partial charge in [0.15, 0.2) is 5.82 Å². The third-order valence-electron chi connectivity index (χ3n) is 4.69. The number of carbonyl (C=O) groups excluding carboxylic acids is 2. The lowest BCUT2D eigenvalue weighted by molar-refractivity contribution is -0.137. The van der Waals surface area contributed by atoms with E-state index in [1.807, 2.05) is 17.2 Å². The predicted molar refractivity (Wildman–Crippen MR) is 110 cm³/mol. The van der Waals surface area contributed by atoms with Crippen LogP contribution in [0, 0.1) is 0 Å². The number of rotatable bonds is 8. The summed E-state index contributed by atoms with van der Waals surface area (Å²) in [5, 5.41) is 15.1. The standard InChI is InChI=1S/C19H26N6O3S/c1-14(26)21-16(8-13-29-2)19(27)24-11-6-15(7-12-24)28-18-5-4-17(22-23-18)25-10-3-9-20-25/h3-5,9-10,15-16H,6-8,11-13H2,1-2H3,(H,21,26). The van der Waals surface area contributed by atoms with Crippen molar-refractivity contribution in [2.24, 2.45) is 0 Å². The second-order valence-corrected chi connectivity index (χ2v) is 7.84. The molecule has 2 aromatic rings. The SMILES string of the molecule is CSCCC(NC(C)=O)C(=O)N1CCC(Oc2ccc(-n3cccn3)nn2)CC1. The lowest BCUT2D eigenvalue weighted by Gasteiger charge is -2.34.